The molecule has 214 valence electrons. The molecule has 2 amide bonds. The molecule has 5 aliphatic rings. The molecule has 7 heteroatoms. The van der Waals surface area contributed by atoms with Crippen LogP contribution in [0.25, 0.3) is 0 Å². The van der Waals surface area contributed by atoms with Crippen molar-refractivity contribution in [1.29, 1.82) is 0 Å². The molecule has 1 saturated carbocycles. The van der Waals surface area contributed by atoms with E-state index in [1.54, 1.807) is 0 Å². The van der Waals surface area contributed by atoms with Crippen molar-refractivity contribution in [2.45, 2.75) is 89.6 Å². The van der Waals surface area contributed by atoms with Crippen molar-refractivity contribution in [3.63, 3.8) is 0 Å². The van der Waals surface area contributed by atoms with Crippen LogP contribution in [-0.2, 0) is 9.53 Å². The van der Waals surface area contributed by atoms with Crippen molar-refractivity contribution in [3.05, 3.63) is 29.3 Å². The molecule has 1 aliphatic carbocycles. The maximum atomic E-state index is 12.6. The summed E-state index contributed by atoms with van der Waals surface area (Å²) in [5, 5.41) is 0. The summed E-state index contributed by atoms with van der Waals surface area (Å²) in [7, 11) is 1.90. The van der Waals surface area contributed by atoms with Crippen LogP contribution < -0.4 is 4.90 Å². The van der Waals surface area contributed by atoms with Crippen LogP contribution in [0.1, 0.15) is 81.8 Å². The van der Waals surface area contributed by atoms with E-state index in [4.69, 9.17) is 4.74 Å². The predicted molar refractivity (Wildman–Crippen MR) is 154 cm³/mol. The van der Waals surface area contributed by atoms with Gasteiger partial charge in [0, 0.05) is 56.3 Å². The molecule has 4 aliphatic heterocycles. The Morgan fingerprint density at radius 1 is 1.05 bits per heavy atom. The normalized spacial score (nSPS) is 27.3. The first kappa shape index (κ1) is 27.1. The predicted octanol–water partition coefficient (Wildman–Crippen LogP) is 5.02. The molecule has 5 fully saturated rings. The summed E-state index contributed by atoms with van der Waals surface area (Å²) in [5.74, 6) is 1.51. The molecule has 1 spiro atoms. The lowest BCUT2D eigenvalue weighted by atomic mass is 9.57. The number of piperidine rings is 1. The van der Waals surface area contributed by atoms with Crippen LogP contribution in [0.4, 0.5) is 10.5 Å². The Morgan fingerprint density at radius 3 is 2.56 bits per heavy atom. The first-order chi connectivity index (χ1) is 18.8. The standard InChI is InChI=1S/C32H48N4O3/c1-4-30(37)33(3)29-16-26(8-7-23(29)2)25-11-14-34(15-12-25)19-24-17-32(18-24)21-35(22-32)31(38)39-20-28-10-9-27-6-5-13-36(27)28/h7-8,16,24-25,27-28H,4-6,9-15,17-22H2,1-3H3. The molecular weight excluding hydrogens is 488 g/mol. The zero-order valence-electron chi connectivity index (χ0n) is 24.4. The fraction of sp³-hybridized carbons (Fsp3) is 0.750. The highest BCUT2D eigenvalue weighted by molar-refractivity contribution is 5.93. The number of rotatable bonds is 7. The third-order valence-electron chi connectivity index (χ3n) is 10.7. The zero-order chi connectivity index (χ0) is 27.1. The van der Waals surface area contributed by atoms with E-state index in [0.717, 1.165) is 49.4 Å². The van der Waals surface area contributed by atoms with E-state index < -0.39 is 0 Å². The minimum atomic E-state index is -0.0849. The lowest BCUT2D eigenvalue weighted by Gasteiger charge is -2.59. The van der Waals surface area contributed by atoms with Crippen LogP contribution in [0.5, 0.6) is 0 Å². The molecule has 39 heavy (non-hydrogen) atoms. The number of anilines is 1. The van der Waals surface area contributed by atoms with Gasteiger partial charge in [-0.3, -0.25) is 9.69 Å². The quantitative estimate of drug-likeness (QED) is 0.490. The number of likely N-dealkylation sites (tertiary alicyclic amines) is 2. The fourth-order valence-electron chi connectivity index (χ4n) is 8.51. The molecule has 0 N–H and O–H groups in total. The summed E-state index contributed by atoms with van der Waals surface area (Å²) in [5.41, 5.74) is 3.97. The highest BCUT2D eigenvalue weighted by atomic mass is 16.6. The Balaban J connectivity index is 0.900. The SMILES string of the molecule is CCC(=O)N(C)c1cc(C2CCN(CC3CC4(C3)CN(C(=O)OCC3CCC5CCCN53)C4)CC2)ccc1C. The van der Waals surface area contributed by atoms with E-state index in [1.807, 2.05) is 23.8 Å². The molecule has 0 bridgehead atoms. The van der Waals surface area contributed by atoms with Gasteiger partial charge in [-0.25, -0.2) is 4.79 Å². The Bertz CT molecular complexity index is 1050. The molecule has 1 aromatic carbocycles. The molecular formula is C32H48N4O3. The smallest absolute Gasteiger partial charge is 0.409 e. The fourth-order valence-corrected chi connectivity index (χ4v) is 8.51. The van der Waals surface area contributed by atoms with Crippen LogP contribution in [0.3, 0.4) is 0 Å². The first-order valence-electron chi connectivity index (χ1n) is 15.6. The average molecular weight is 537 g/mol. The van der Waals surface area contributed by atoms with Crippen molar-refractivity contribution in [2.75, 3.05) is 57.8 Å². The summed E-state index contributed by atoms with van der Waals surface area (Å²) >= 11 is 0. The average Bonchev–Trinajstić information content (AvgIpc) is 3.52. The second-order valence-corrected chi connectivity index (χ2v) is 13.4. The second kappa shape index (κ2) is 11.0. The van der Waals surface area contributed by atoms with Crippen molar-refractivity contribution in [2.24, 2.45) is 11.3 Å². The number of carbonyl (C=O) groups is 2. The van der Waals surface area contributed by atoms with Crippen LogP contribution in [0.2, 0.25) is 0 Å². The van der Waals surface area contributed by atoms with E-state index >= 15 is 0 Å². The Kier molecular flexibility index (Phi) is 7.66. The van der Waals surface area contributed by atoms with E-state index in [2.05, 4.69) is 34.9 Å². The van der Waals surface area contributed by atoms with Gasteiger partial charge in [0.15, 0.2) is 0 Å². The van der Waals surface area contributed by atoms with Crippen LogP contribution in [0, 0.1) is 18.3 Å². The van der Waals surface area contributed by atoms with E-state index in [-0.39, 0.29) is 12.0 Å². The maximum absolute atomic E-state index is 12.6. The highest BCUT2D eigenvalue weighted by Crippen LogP contribution is 2.52. The third kappa shape index (κ3) is 5.46. The summed E-state index contributed by atoms with van der Waals surface area (Å²) in [6.07, 6.45) is 10.4. The van der Waals surface area contributed by atoms with Crippen LogP contribution >= 0.6 is 0 Å². The number of amides is 2. The maximum Gasteiger partial charge on any atom is 0.409 e. The molecule has 7 nitrogen and oxygen atoms in total. The van der Waals surface area contributed by atoms with Gasteiger partial charge in [0.2, 0.25) is 5.91 Å². The summed E-state index contributed by atoms with van der Waals surface area (Å²) in [6, 6.07) is 7.90. The van der Waals surface area contributed by atoms with Gasteiger partial charge in [0.1, 0.15) is 6.61 Å². The van der Waals surface area contributed by atoms with Gasteiger partial charge >= 0.3 is 6.09 Å². The lowest BCUT2D eigenvalue weighted by molar-refractivity contribution is -0.118. The minimum Gasteiger partial charge on any atom is -0.448 e. The van der Waals surface area contributed by atoms with Crippen molar-refractivity contribution < 1.29 is 14.3 Å². The van der Waals surface area contributed by atoms with Gasteiger partial charge in [-0.2, -0.15) is 0 Å². The largest absolute Gasteiger partial charge is 0.448 e. The molecule has 2 unspecified atom stereocenters. The summed E-state index contributed by atoms with van der Waals surface area (Å²) in [6.45, 7) is 11.1. The Labute approximate surface area is 234 Å². The van der Waals surface area contributed by atoms with E-state index in [1.165, 1.54) is 70.0 Å². The number of fused-ring (bicyclic) bond motifs is 1. The highest BCUT2D eigenvalue weighted by Gasteiger charge is 2.54. The topological polar surface area (TPSA) is 56.3 Å². The number of hydrogen-bond donors (Lipinski definition) is 0. The third-order valence-corrected chi connectivity index (χ3v) is 10.7. The van der Waals surface area contributed by atoms with Gasteiger partial charge in [0.25, 0.3) is 0 Å². The van der Waals surface area contributed by atoms with Gasteiger partial charge < -0.3 is 19.4 Å². The summed E-state index contributed by atoms with van der Waals surface area (Å²) in [4.78, 5) is 33.9. The van der Waals surface area contributed by atoms with Crippen molar-refractivity contribution in [3.8, 4) is 0 Å². The molecule has 4 saturated heterocycles. The van der Waals surface area contributed by atoms with E-state index in [9.17, 15) is 9.59 Å². The van der Waals surface area contributed by atoms with Crippen molar-refractivity contribution >= 4 is 17.7 Å². The minimum absolute atomic E-state index is 0.0849. The number of hydrogen-bond acceptors (Lipinski definition) is 5. The molecule has 0 radical (unpaired) electrons. The zero-order valence-corrected chi connectivity index (χ0v) is 24.4. The van der Waals surface area contributed by atoms with E-state index in [0.29, 0.717) is 30.4 Å². The Hall–Kier alpha value is -2.12. The van der Waals surface area contributed by atoms with Gasteiger partial charge in [-0.1, -0.05) is 19.1 Å². The van der Waals surface area contributed by atoms with Crippen molar-refractivity contribution in [1.82, 2.24) is 14.7 Å². The molecule has 1 aromatic rings. The molecule has 6 rings (SSSR count). The molecule has 0 aromatic heterocycles. The Morgan fingerprint density at radius 2 is 1.82 bits per heavy atom. The monoisotopic (exact) mass is 536 g/mol. The lowest BCUT2D eigenvalue weighted by Crippen LogP contribution is -2.65. The van der Waals surface area contributed by atoms with Gasteiger partial charge in [-0.15, -0.1) is 0 Å². The second-order valence-electron chi connectivity index (χ2n) is 13.4. The number of ether oxygens (including phenoxy) is 1. The first-order valence-corrected chi connectivity index (χ1v) is 15.6. The number of benzene rings is 1. The van der Waals surface area contributed by atoms with Crippen LogP contribution in [-0.4, -0.2) is 91.7 Å². The number of aryl methyl sites for hydroxylation is 1. The number of carbonyl (C=O) groups excluding carboxylic acids is 2. The number of nitrogens with zero attached hydrogens (tertiary/aromatic N) is 4. The van der Waals surface area contributed by atoms with Crippen LogP contribution in [0.15, 0.2) is 18.2 Å². The molecule has 4 heterocycles. The van der Waals surface area contributed by atoms with Gasteiger partial charge in [0.05, 0.1) is 0 Å². The molecule has 2 atom stereocenters. The summed E-state index contributed by atoms with van der Waals surface area (Å²) < 4.78 is 5.76. The van der Waals surface area contributed by atoms with Gasteiger partial charge in [-0.05, 0) is 107 Å².